The van der Waals surface area contributed by atoms with Crippen molar-refractivity contribution in [1.29, 1.82) is 0 Å². The van der Waals surface area contributed by atoms with E-state index in [4.69, 9.17) is 0 Å². The molecule has 4 aromatic rings. The topological polar surface area (TPSA) is 121 Å². The van der Waals surface area contributed by atoms with Gasteiger partial charge in [-0.15, -0.1) is 0 Å². The molecule has 2 heterocycles. The van der Waals surface area contributed by atoms with Gasteiger partial charge < -0.3 is 10.2 Å². The summed E-state index contributed by atoms with van der Waals surface area (Å²) in [6.07, 6.45) is 6.20. The largest absolute Gasteiger partial charge is 2.00 e. The molecular formula is C26H20CuN6O2. The Morgan fingerprint density at radius 1 is 0.543 bits per heavy atom. The SMILES string of the molecule is [Cu+2].[O-]/C(=N/N=C/c1ccccn1)c1ccccc1.[O-]/C(=N/N=C/c1ccccn1)c1ccccc1. The van der Waals surface area contributed by atoms with Crippen molar-refractivity contribution in [3.05, 3.63) is 132 Å². The summed E-state index contributed by atoms with van der Waals surface area (Å²) in [5.41, 5.74) is 2.37. The molecular weight excluding hydrogens is 492 g/mol. The van der Waals surface area contributed by atoms with Crippen molar-refractivity contribution < 1.29 is 27.3 Å². The van der Waals surface area contributed by atoms with E-state index in [1.54, 1.807) is 73.1 Å². The summed E-state index contributed by atoms with van der Waals surface area (Å²) in [4.78, 5) is 8.06. The van der Waals surface area contributed by atoms with Crippen molar-refractivity contribution >= 4 is 24.2 Å². The second-order valence-electron chi connectivity index (χ2n) is 6.54. The van der Waals surface area contributed by atoms with E-state index in [0.717, 1.165) is 0 Å². The van der Waals surface area contributed by atoms with Crippen molar-refractivity contribution in [3.8, 4) is 0 Å². The molecule has 0 saturated heterocycles. The Bertz CT molecular complexity index is 1150. The van der Waals surface area contributed by atoms with Gasteiger partial charge in [0.15, 0.2) is 0 Å². The van der Waals surface area contributed by atoms with Crippen LogP contribution >= 0.6 is 0 Å². The first-order valence-electron chi connectivity index (χ1n) is 10.2. The third-order valence-corrected chi connectivity index (χ3v) is 4.09. The first-order valence-corrected chi connectivity index (χ1v) is 10.2. The number of hydrogen-bond donors (Lipinski definition) is 0. The van der Waals surface area contributed by atoms with Crippen LogP contribution in [0.3, 0.4) is 0 Å². The maximum absolute atomic E-state index is 11.5. The van der Waals surface area contributed by atoms with E-state index in [1.165, 1.54) is 12.4 Å². The fourth-order valence-corrected chi connectivity index (χ4v) is 2.46. The molecule has 4 rings (SSSR count). The Morgan fingerprint density at radius 3 is 1.26 bits per heavy atom. The van der Waals surface area contributed by atoms with E-state index in [9.17, 15) is 10.2 Å². The van der Waals surface area contributed by atoms with Crippen LogP contribution in [0, 0.1) is 0 Å². The first-order chi connectivity index (χ1) is 16.7. The normalized spacial score (nSPS) is 11.5. The summed E-state index contributed by atoms with van der Waals surface area (Å²) in [5.74, 6) is -0.726. The first kappa shape index (κ1) is 26.8. The van der Waals surface area contributed by atoms with Gasteiger partial charge in [0.2, 0.25) is 0 Å². The van der Waals surface area contributed by atoms with E-state index in [0.29, 0.717) is 22.5 Å². The van der Waals surface area contributed by atoms with E-state index >= 15 is 0 Å². The standard InChI is InChI=1S/2C13H11N3O.Cu/c2*17-13(11-6-2-1-3-7-11)16-15-10-12-8-4-5-9-14-12;/h2*1-10H,(H,16,17);/q;;+2/p-2/b2*15-10+;. The molecule has 2 aromatic heterocycles. The zero-order valence-corrected chi connectivity index (χ0v) is 19.3. The molecule has 1 radical (unpaired) electrons. The van der Waals surface area contributed by atoms with Crippen LogP contribution < -0.4 is 10.2 Å². The molecule has 0 fully saturated rings. The Morgan fingerprint density at radius 2 is 0.914 bits per heavy atom. The second-order valence-corrected chi connectivity index (χ2v) is 6.54. The van der Waals surface area contributed by atoms with Crippen molar-refractivity contribution in [2.75, 3.05) is 0 Å². The molecule has 0 aliphatic rings. The van der Waals surface area contributed by atoms with Gasteiger partial charge in [0.05, 0.1) is 23.8 Å². The van der Waals surface area contributed by atoms with Gasteiger partial charge in [0.25, 0.3) is 0 Å². The number of rotatable bonds is 6. The van der Waals surface area contributed by atoms with Gasteiger partial charge >= 0.3 is 17.1 Å². The van der Waals surface area contributed by atoms with Gasteiger partial charge in [-0.2, -0.15) is 20.4 Å². The molecule has 0 aliphatic heterocycles. The number of hydrogen-bond acceptors (Lipinski definition) is 8. The summed E-state index contributed by atoms with van der Waals surface area (Å²) in [6, 6.07) is 28.5. The van der Waals surface area contributed by atoms with Crippen LogP contribution in [0.2, 0.25) is 0 Å². The number of nitrogens with zero attached hydrogens (tertiary/aromatic N) is 6. The molecule has 0 amide bonds. The molecule has 0 unspecified atom stereocenters. The van der Waals surface area contributed by atoms with Crippen LogP contribution in [0.4, 0.5) is 0 Å². The smallest absolute Gasteiger partial charge is 0.857 e. The summed E-state index contributed by atoms with van der Waals surface area (Å²) >= 11 is 0. The fraction of sp³-hybridized carbons (Fsp3) is 0. The number of aromatic nitrogens is 2. The molecule has 0 spiro atoms. The van der Waals surface area contributed by atoms with Gasteiger partial charge in [0, 0.05) is 24.2 Å². The molecule has 8 nitrogen and oxygen atoms in total. The quantitative estimate of drug-likeness (QED) is 0.171. The number of benzene rings is 2. The molecule has 177 valence electrons. The number of pyridine rings is 2. The van der Waals surface area contributed by atoms with E-state index in [2.05, 4.69) is 30.4 Å². The fourth-order valence-electron chi connectivity index (χ4n) is 2.46. The van der Waals surface area contributed by atoms with E-state index in [-0.39, 0.29) is 28.9 Å². The minimum atomic E-state index is -0.363. The molecule has 0 N–H and O–H groups in total. The monoisotopic (exact) mass is 511 g/mol. The molecule has 9 heteroatoms. The van der Waals surface area contributed by atoms with Crippen molar-refractivity contribution in [2.45, 2.75) is 0 Å². The average Bonchev–Trinajstić information content (AvgIpc) is 2.91. The predicted molar refractivity (Wildman–Crippen MR) is 130 cm³/mol. The third-order valence-electron chi connectivity index (χ3n) is 4.09. The Labute approximate surface area is 213 Å². The minimum Gasteiger partial charge on any atom is -0.857 e. The van der Waals surface area contributed by atoms with Crippen LogP contribution in [0.15, 0.2) is 130 Å². The van der Waals surface area contributed by atoms with E-state index < -0.39 is 0 Å². The van der Waals surface area contributed by atoms with Crippen LogP contribution in [0.5, 0.6) is 0 Å². The molecule has 35 heavy (non-hydrogen) atoms. The average molecular weight is 512 g/mol. The maximum atomic E-state index is 11.5. The van der Waals surface area contributed by atoms with Gasteiger partial charge in [-0.3, -0.25) is 9.97 Å². The van der Waals surface area contributed by atoms with E-state index in [1.807, 2.05) is 36.4 Å². The van der Waals surface area contributed by atoms with Crippen LogP contribution in [-0.4, -0.2) is 34.2 Å². The second kappa shape index (κ2) is 15.4. The van der Waals surface area contributed by atoms with Crippen molar-refractivity contribution in [1.82, 2.24) is 9.97 Å². The zero-order valence-electron chi connectivity index (χ0n) is 18.3. The van der Waals surface area contributed by atoms with Gasteiger partial charge in [-0.1, -0.05) is 72.8 Å². The minimum absolute atomic E-state index is 0. The third kappa shape index (κ3) is 9.91. The van der Waals surface area contributed by atoms with Crippen LogP contribution in [0.25, 0.3) is 0 Å². The summed E-state index contributed by atoms with van der Waals surface area (Å²) in [7, 11) is 0. The van der Waals surface area contributed by atoms with Crippen LogP contribution in [-0.2, 0) is 17.1 Å². The maximum Gasteiger partial charge on any atom is 2.00 e. The zero-order chi connectivity index (χ0) is 23.8. The Kier molecular flexibility index (Phi) is 11.8. The van der Waals surface area contributed by atoms with Crippen molar-refractivity contribution in [2.24, 2.45) is 20.4 Å². The molecule has 0 saturated carbocycles. The van der Waals surface area contributed by atoms with Gasteiger partial charge in [-0.05, 0) is 35.4 Å². The van der Waals surface area contributed by atoms with Crippen LogP contribution in [0.1, 0.15) is 22.5 Å². The molecule has 0 bridgehead atoms. The summed E-state index contributed by atoms with van der Waals surface area (Å²) in [5, 5.41) is 37.6. The molecule has 0 aliphatic carbocycles. The summed E-state index contributed by atoms with van der Waals surface area (Å²) < 4.78 is 0. The van der Waals surface area contributed by atoms with Gasteiger partial charge in [0.1, 0.15) is 0 Å². The van der Waals surface area contributed by atoms with Gasteiger partial charge in [-0.25, -0.2) is 0 Å². The summed E-state index contributed by atoms with van der Waals surface area (Å²) in [6.45, 7) is 0. The Balaban J connectivity index is 0.000000240. The predicted octanol–water partition coefficient (Wildman–Crippen LogP) is 2.44. The molecule has 2 aromatic carbocycles. The van der Waals surface area contributed by atoms with Crippen molar-refractivity contribution in [3.63, 3.8) is 0 Å². The Hall–Kier alpha value is -4.46. The molecule has 0 atom stereocenters.